The molecule has 1 aliphatic rings. The quantitative estimate of drug-likeness (QED) is 0.153. The molecule has 4 aromatic rings. The van der Waals surface area contributed by atoms with Crippen LogP contribution in [-0.4, -0.2) is 28.3 Å². The Balaban J connectivity index is 1.25. The molecule has 1 atom stereocenters. The number of halogens is 3. The Hall–Kier alpha value is -3.56. The predicted octanol–water partition coefficient (Wildman–Crippen LogP) is 7.72. The molecule has 9 heteroatoms. The summed E-state index contributed by atoms with van der Waals surface area (Å²) in [4.78, 5) is 12.4. The van der Waals surface area contributed by atoms with Gasteiger partial charge in [0.2, 0.25) is 0 Å². The molecule has 0 saturated heterocycles. The molecule has 1 heterocycles. The van der Waals surface area contributed by atoms with Crippen LogP contribution in [0, 0.1) is 6.92 Å². The largest absolute Gasteiger partial charge is 0.465 e. The van der Waals surface area contributed by atoms with Gasteiger partial charge in [0, 0.05) is 23.3 Å². The maximum absolute atomic E-state index is 13.0. The Morgan fingerprint density at radius 2 is 1.68 bits per heavy atom. The molecule has 0 bridgehead atoms. The van der Waals surface area contributed by atoms with Crippen molar-refractivity contribution in [3.05, 3.63) is 101 Å². The predicted molar refractivity (Wildman–Crippen MR) is 152 cm³/mol. The normalized spacial score (nSPS) is 15.0. The van der Waals surface area contributed by atoms with Gasteiger partial charge in [0.1, 0.15) is 5.44 Å². The second-order valence-corrected chi connectivity index (χ2v) is 11.4. The molecule has 1 aliphatic carbocycles. The van der Waals surface area contributed by atoms with Crippen molar-refractivity contribution < 1.29 is 32.3 Å². The summed E-state index contributed by atoms with van der Waals surface area (Å²) in [6, 6.07) is 20.9. The van der Waals surface area contributed by atoms with E-state index in [0.29, 0.717) is 23.6 Å². The van der Waals surface area contributed by atoms with Crippen LogP contribution < -0.4 is 0 Å². The number of benzene rings is 3. The molecule has 1 fully saturated rings. The number of aliphatic hydroxyl groups excluding tert-OH is 1. The third kappa shape index (κ3) is 6.36. The van der Waals surface area contributed by atoms with E-state index in [2.05, 4.69) is 5.16 Å². The zero-order valence-electron chi connectivity index (χ0n) is 22.7. The zero-order valence-corrected chi connectivity index (χ0v) is 23.5. The Labute approximate surface area is 240 Å². The van der Waals surface area contributed by atoms with Crippen LogP contribution in [0.3, 0.4) is 0 Å². The smallest absolute Gasteiger partial charge is 0.416 e. The first-order chi connectivity index (χ1) is 19.6. The number of esters is 1. The minimum absolute atomic E-state index is 0.158. The lowest BCUT2D eigenvalue weighted by atomic mass is 9.93. The summed E-state index contributed by atoms with van der Waals surface area (Å²) in [5, 5.41) is 14.8. The van der Waals surface area contributed by atoms with Gasteiger partial charge in [0.15, 0.2) is 5.76 Å². The second kappa shape index (κ2) is 11.7. The molecular formula is C32H30F3NO4S. The Morgan fingerprint density at radius 3 is 2.29 bits per heavy atom. The number of thioether (sulfide) groups is 1. The molecule has 1 aromatic heterocycles. The molecule has 0 aliphatic heterocycles. The van der Waals surface area contributed by atoms with Crippen LogP contribution in [0.5, 0.6) is 0 Å². The highest BCUT2D eigenvalue weighted by molar-refractivity contribution is 7.98. The maximum atomic E-state index is 13.0. The highest BCUT2D eigenvalue weighted by Crippen LogP contribution is 2.49. The Bertz CT molecular complexity index is 1510. The molecule has 1 saturated carbocycles. The number of carbonyl (C=O) groups is 1. The first kappa shape index (κ1) is 29.0. The van der Waals surface area contributed by atoms with E-state index >= 15 is 0 Å². The number of carbonyl (C=O) groups excluding carboxylic acids is 1. The number of hydrogen-bond donors (Lipinski definition) is 1. The first-order valence-electron chi connectivity index (χ1n) is 13.4. The molecule has 214 valence electrons. The fourth-order valence-corrected chi connectivity index (χ4v) is 5.77. The molecule has 41 heavy (non-hydrogen) atoms. The molecule has 0 spiro atoms. The van der Waals surface area contributed by atoms with Gasteiger partial charge in [-0.2, -0.15) is 13.2 Å². The van der Waals surface area contributed by atoms with Gasteiger partial charge in [-0.05, 0) is 55.0 Å². The number of aryl methyl sites for hydroxylation is 1. The van der Waals surface area contributed by atoms with Crippen LogP contribution in [0.15, 0.2) is 77.3 Å². The van der Waals surface area contributed by atoms with Gasteiger partial charge >= 0.3 is 12.1 Å². The molecule has 3 aromatic carbocycles. The monoisotopic (exact) mass is 581 g/mol. The maximum Gasteiger partial charge on any atom is 0.416 e. The fourth-order valence-electron chi connectivity index (χ4n) is 4.92. The average molecular weight is 582 g/mol. The van der Waals surface area contributed by atoms with E-state index in [1.807, 2.05) is 55.5 Å². The van der Waals surface area contributed by atoms with E-state index in [0.717, 1.165) is 64.6 Å². The van der Waals surface area contributed by atoms with Crippen LogP contribution in [-0.2, 0) is 33.3 Å². The minimum atomic E-state index is -4.41. The Kier molecular flexibility index (Phi) is 8.29. The van der Waals surface area contributed by atoms with Crippen LogP contribution in [0.25, 0.3) is 22.5 Å². The van der Waals surface area contributed by atoms with Crippen molar-refractivity contribution in [1.29, 1.82) is 0 Å². The molecule has 0 radical (unpaired) electrons. The molecule has 5 rings (SSSR count). The topological polar surface area (TPSA) is 72.6 Å². The van der Waals surface area contributed by atoms with E-state index in [-0.39, 0.29) is 18.1 Å². The fraction of sp³-hybridized carbons (Fsp3) is 0.312. The van der Waals surface area contributed by atoms with Crippen molar-refractivity contribution in [1.82, 2.24) is 5.16 Å². The van der Waals surface area contributed by atoms with Crippen molar-refractivity contribution in [2.24, 2.45) is 0 Å². The third-order valence-corrected chi connectivity index (χ3v) is 8.45. The van der Waals surface area contributed by atoms with Crippen LogP contribution in [0.2, 0.25) is 0 Å². The summed E-state index contributed by atoms with van der Waals surface area (Å²) >= 11 is 1.16. The number of alkyl halides is 3. The zero-order chi connectivity index (χ0) is 29.2. The van der Waals surface area contributed by atoms with E-state index in [1.165, 1.54) is 6.07 Å². The Morgan fingerprint density at radius 1 is 1.05 bits per heavy atom. The average Bonchev–Trinajstić information content (AvgIpc) is 3.71. The highest BCUT2D eigenvalue weighted by atomic mass is 32.2. The van der Waals surface area contributed by atoms with E-state index in [1.54, 1.807) is 13.0 Å². The van der Waals surface area contributed by atoms with Crippen molar-refractivity contribution in [3.63, 3.8) is 0 Å². The van der Waals surface area contributed by atoms with E-state index in [9.17, 15) is 23.1 Å². The molecule has 1 unspecified atom stereocenters. The number of nitrogens with zero attached hydrogens (tertiary/aromatic N) is 1. The lowest BCUT2D eigenvalue weighted by Crippen LogP contribution is -2.23. The van der Waals surface area contributed by atoms with Crippen molar-refractivity contribution >= 4 is 17.7 Å². The third-order valence-electron chi connectivity index (χ3n) is 7.39. The number of ether oxygens (including phenoxy) is 1. The summed E-state index contributed by atoms with van der Waals surface area (Å²) in [5.41, 5.74) is 3.60. The van der Waals surface area contributed by atoms with Gasteiger partial charge in [0.25, 0.3) is 0 Å². The summed E-state index contributed by atoms with van der Waals surface area (Å²) in [6.07, 6.45) is -2.56. The number of rotatable bonds is 10. The summed E-state index contributed by atoms with van der Waals surface area (Å²) in [6.45, 7) is 3.98. The van der Waals surface area contributed by atoms with Gasteiger partial charge in [-0.15, -0.1) is 11.8 Å². The highest BCUT2D eigenvalue weighted by Gasteiger charge is 2.52. The summed E-state index contributed by atoms with van der Waals surface area (Å²) in [5.74, 6) is 0.627. The SMILES string of the molecule is CCOC(=O)C1(c2ccc(-c3ccc(-c4onc(C)c4CC(O)SCc4cccc(C(F)(F)F)c4)cc3)cc2)CC1. The van der Waals surface area contributed by atoms with E-state index < -0.39 is 22.6 Å². The molecule has 0 amide bonds. The van der Waals surface area contributed by atoms with Crippen LogP contribution in [0.4, 0.5) is 13.2 Å². The van der Waals surface area contributed by atoms with Gasteiger partial charge in [-0.25, -0.2) is 0 Å². The van der Waals surface area contributed by atoms with Gasteiger partial charge < -0.3 is 14.4 Å². The van der Waals surface area contributed by atoms with E-state index in [4.69, 9.17) is 9.26 Å². The number of hydrogen-bond acceptors (Lipinski definition) is 6. The second-order valence-electron chi connectivity index (χ2n) is 10.2. The van der Waals surface area contributed by atoms with Gasteiger partial charge in [-0.1, -0.05) is 71.9 Å². The van der Waals surface area contributed by atoms with Crippen LogP contribution in [0.1, 0.15) is 47.7 Å². The van der Waals surface area contributed by atoms with Crippen molar-refractivity contribution in [2.45, 2.75) is 55.9 Å². The number of aliphatic hydroxyl groups is 1. The standard InChI is InChI=1S/C32H30F3NO4S/c1-3-39-30(38)31(15-16-31)25-13-11-23(12-14-25)22-7-9-24(10-8-22)29-27(20(2)36-40-29)18-28(37)41-19-21-5-4-6-26(17-21)32(33,34)35/h4-14,17,28,37H,3,15-16,18-19H2,1-2H3. The molecule has 5 nitrogen and oxygen atoms in total. The van der Waals surface area contributed by atoms with Crippen LogP contribution >= 0.6 is 11.8 Å². The van der Waals surface area contributed by atoms with Gasteiger partial charge in [-0.3, -0.25) is 4.79 Å². The lowest BCUT2D eigenvalue weighted by molar-refractivity contribution is -0.146. The summed E-state index contributed by atoms with van der Waals surface area (Å²) < 4.78 is 49.9. The number of aromatic nitrogens is 1. The first-order valence-corrected chi connectivity index (χ1v) is 14.4. The van der Waals surface area contributed by atoms with Crippen molar-refractivity contribution in [2.75, 3.05) is 6.61 Å². The lowest BCUT2D eigenvalue weighted by Gasteiger charge is -2.15. The molecular weight excluding hydrogens is 551 g/mol. The summed E-state index contributed by atoms with van der Waals surface area (Å²) in [7, 11) is 0. The van der Waals surface area contributed by atoms with Crippen molar-refractivity contribution in [3.8, 4) is 22.5 Å². The molecule has 1 N–H and O–H groups in total. The van der Waals surface area contributed by atoms with Gasteiger partial charge in [0.05, 0.1) is 23.3 Å². The minimum Gasteiger partial charge on any atom is -0.465 e.